The molecule has 5 nitrogen and oxygen atoms in total. The van der Waals surface area contributed by atoms with Crippen molar-refractivity contribution >= 4 is 5.91 Å². The largest absolute Gasteiger partial charge is 0.361 e. The number of carbonyl (C=O) groups is 1. The molecule has 1 aromatic rings. The van der Waals surface area contributed by atoms with Crippen LogP contribution in [-0.2, 0) is 24.1 Å². The molecule has 18 heavy (non-hydrogen) atoms. The standard InChI is InChI=1S/C13H21N3O2/c1-3-11-10(12(4-2)18-15-11)7-13(17)16-6-5-9(14)8-16/h9H,3-8,14H2,1-2H3/t9-/m1/s1. The molecule has 5 heteroatoms. The number of nitrogens with zero attached hydrogens (tertiary/aromatic N) is 2. The Hall–Kier alpha value is -1.36. The molecule has 0 aliphatic carbocycles. The first-order valence-corrected chi connectivity index (χ1v) is 6.65. The van der Waals surface area contributed by atoms with E-state index in [4.69, 9.17) is 10.3 Å². The summed E-state index contributed by atoms with van der Waals surface area (Å²) in [4.78, 5) is 14.0. The highest BCUT2D eigenvalue weighted by Crippen LogP contribution is 2.18. The molecule has 1 amide bonds. The molecular weight excluding hydrogens is 230 g/mol. The van der Waals surface area contributed by atoms with Gasteiger partial charge in [0, 0.05) is 31.1 Å². The van der Waals surface area contributed by atoms with E-state index in [1.807, 2.05) is 18.7 Å². The van der Waals surface area contributed by atoms with E-state index in [0.29, 0.717) is 13.0 Å². The third-order valence-corrected chi connectivity index (χ3v) is 3.51. The molecule has 2 rings (SSSR count). The summed E-state index contributed by atoms with van der Waals surface area (Å²) in [5, 5.41) is 4.03. The summed E-state index contributed by atoms with van der Waals surface area (Å²) in [6, 6.07) is 0.132. The summed E-state index contributed by atoms with van der Waals surface area (Å²) >= 11 is 0. The fraction of sp³-hybridized carbons (Fsp3) is 0.692. The lowest BCUT2D eigenvalue weighted by atomic mass is 10.1. The lowest BCUT2D eigenvalue weighted by Crippen LogP contribution is -2.33. The maximum Gasteiger partial charge on any atom is 0.227 e. The van der Waals surface area contributed by atoms with E-state index in [0.717, 1.165) is 42.8 Å². The lowest BCUT2D eigenvalue weighted by Gasteiger charge is -2.15. The highest BCUT2D eigenvalue weighted by atomic mass is 16.5. The topological polar surface area (TPSA) is 72.4 Å². The molecule has 2 N–H and O–H groups in total. The van der Waals surface area contributed by atoms with Crippen LogP contribution in [-0.4, -0.2) is 35.1 Å². The Kier molecular flexibility index (Phi) is 4.01. The Balaban J connectivity index is 2.08. The van der Waals surface area contributed by atoms with E-state index in [9.17, 15) is 4.79 Å². The van der Waals surface area contributed by atoms with E-state index in [2.05, 4.69) is 5.16 Å². The van der Waals surface area contributed by atoms with Crippen molar-refractivity contribution in [2.24, 2.45) is 5.73 Å². The van der Waals surface area contributed by atoms with Gasteiger partial charge in [-0.15, -0.1) is 0 Å². The van der Waals surface area contributed by atoms with Gasteiger partial charge >= 0.3 is 0 Å². The van der Waals surface area contributed by atoms with Gasteiger partial charge in [-0.2, -0.15) is 0 Å². The van der Waals surface area contributed by atoms with Crippen molar-refractivity contribution in [2.75, 3.05) is 13.1 Å². The van der Waals surface area contributed by atoms with Crippen LogP contribution >= 0.6 is 0 Å². The van der Waals surface area contributed by atoms with Gasteiger partial charge < -0.3 is 15.2 Å². The van der Waals surface area contributed by atoms with E-state index in [1.165, 1.54) is 0 Å². The van der Waals surface area contributed by atoms with E-state index < -0.39 is 0 Å². The van der Waals surface area contributed by atoms with Crippen molar-refractivity contribution in [2.45, 2.75) is 45.6 Å². The number of hydrogen-bond acceptors (Lipinski definition) is 4. The van der Waals surface area contributed by atoms with Crippen molar-refractivity contribution in [3.8, 4) is 0 Å². The zero-order valence-electron chi connectivity index (χ0n) is 11.1. The highest BCUT2D eigenvalue weighted by molar-refractivity contribution is 5.79. The Morgan fingerprint density at radius 2 is 2.28 bits per heavy atom. The van der Waals surface area contributed by atoms with E-state index in [1.54, 1.807) is 0 Å². The molecule has 1 aliphatic heterocycles. The van der Waals surface area contributed by atoms with E-state index >= 15 is 0 Å². The predicted molar refractivity (Wildman–Crippen MR) is 68.1 cm³/mol. The maximum atomic E-state index is 12.2. The monoisotopic (exact) mass is 251 g/mol. The first-order chi connectivity index (χ1) is 8.65. The number of hydrogen-bond donors (Lipinski definition) is 1. The number of aromatic nitrogens is 1. The van der Waals surface area contributed by atoms with Crippen molar-refractivity contribution < 1.29 is 9.32 Å². The highest BCUT2D eigenvalue weighted by Gasteiger charge is 2.25. The average Bonchev–Trinajstić information content (AvgIpc) is 2.95. The van der Waals surface area contributed by atoms with Gasteiger partial charge in [-0.05, 0) is 12.8 Å². The second-order valence-corrected chi connectivity index (χ2v) is 4.80. The van der Waals surface area contributed by atoms with E-state index in [-0.39, 0.29) is 11.9 Å². The van der Waals surface area contributed by atoms with Crippen molar-refractivity contribution in [3.63, 3.8) is 0 Å². The normalized spacial score (nSPS) is 19.5. The minimum absolute atomic E-state index is 0.132. The summed E-state index contributed by atoms with van der Waals surface area (Å²) in [7, 11) is 0. The van der Waals surface area contributed by atoms with Crippen LogP contribution in [0, 0.1) is 0 Å². The van der Waals surface area contributed by atoms with Gasteiger partial charge in [-0.3, -0.25) is 4.79 Å². The zero-order chi connectivity index (χ0) is 13.1. The first-order valence-electron chi connectivity index (χ1n) is 6.65. The van der Waals surface area contributed by atoms with Crippen molar-refractivity contribution in [1.29, 1.82) is 0 Å². The molecule has 0 saturated carbocycles. The molecule has 0 spiro atoms. The second-order valence-electron chi connectivity index (χ2n) is 4.80. The van der Waals surface area contributed by atoms with Gasteiger partial charge in [0.25, 0.3) is 0 Å². The molecule has 1 aromatic heterocycles. The van der Waals surface area contributed by atoms with Crippen LogP contribution in [0.25, 0.3) is 0 Å². The van der Waals surface area contributed by atoms with Crippen LogP contribution in [0.1, 0.15) is 37.3 Å². The minimum atomic E-state index is 0.132. The fourth-order valence-electron chi connectivity index (χ4n) is 2.41. The number of amides is 1. The van der Waals surface area contributed by atoms with Crippen molar-refractivity contribution in [1.82, 2.24) is 10.1 Å². The zero-order valence-corrected chi connectivity index (χ0v) is 11.1. The van der Waals surface area contributed by atoms with Crippen molar-refractivity contribution in [3.05, 3.63) is 17.0 Å². The third kappa shape index (κ3) is 2.56. The van der Waals surface area contributed by atoms with Gasteiger partial charge in [0.1, 0.15) is 5.76 Å². The molecule has 1 fully saturated rings. The smallest absolute Gasteiger partial charge is 0.227 e. The molecule has 0 aromatic carbocycles. The first kappa shape index (κ1) is 13.1. The molecule has 0 unspecified atom stereocenters. The van der Waals surface area contributed by atoms with Gasteiger partial charge in [0.05, 0.1) is 12.1 Å². The molecule has 1 saturated heterocycles. The lowest BCUT2D eigenvalue weighted by molar-refractivity contribution is -0.129. The second kappa shape index (κ2) is 5.52. The quantitative estimate of drug-likeness (QED) is 0.863. The summed E-state index contributed by atoms with van der Waals surface area (Å²) in [6.45, 7) is 5.48. The Morgan fingerprint density at radius 1 is 1.50 bits per heavy atom. The van der Waals surface area contributed by atoms with Gasteiger partial charge in [-0.25, -0.2) is 0 Å². The number of carbonyl (C=O) groups excluding carboxylic acids is 1. The van der Waals surface area contributed by atoms with Gasteiger partial charge in [-0.1, -0.05) is 19.0 Å². The van der Waals surface area contributed by atoms with Gasteiger partial charge in [0.15, 0.2) is 0 Å². The average molecular weight is 251 g/mol. The summed E-state index contributed by atoms with van der Waals surface area (Å²) < 4.78 is 5.28. The third-order valence-electron chi connectivity index (χ3n) is 3.51. The van der Waals surface area contributed by atoms with Crippen LogP contribution in [0.5, 0.6) is 0 Å². The maximum absolute atomic E-state index is 12.2. The Morgan fingerprint density at radius 3 is 2.83 bits per heavy atom. The van der Waals surface area contributed by atoms with Crippen LogP contribution in [0.2, 0.25) is 0 Å². The van der Waals surface area contributed by atoms with Crippen LogP contribution in [0.3, 0.4) is 0 Å². The molecule has 1 aliphatic rings. The SMILES string of the molecule is CCc1noc(CC)c1CC(=O)N1CC[C@@H](N)C1. The number of aryl methyl sites for hydroxylation is 2. The number of nitrogens with two attached hydrogens (primary N) is 1. The Labute approximate surface area is 107 Å². The summed E-state index contributed by atoms with van der Waals surface area (Å²) in [5.41, 5.74) is 7.71. The number of rotatable bonds is 4. The van der Waals surface area contributed by atoms with Gasteiger partial charge in [0.2, 0.25) is 5.91 Å². The van der Waals surface area contributed by atoms with Crippen LogP contribution < -0.4 is 5.73 Å². The molecule has 0 bridgehead atoms. The molecule has 100 valence electrons. The predicted octanol–water partition coefficient (Wildman–Crippen LogP) is 0.902. The summed E-state index contributed by atoms with van der Waals surface area (Å²) in [5.74, 6) is 0.972. The fourth-order valence-corrected chi connectivity index (χ4v) is 2.41. The molecule has 2 heterocycles. The summed E-state index contributed by atoms with van der Waals surface area (Å²) in [6.07, 6.45) is 2.86. The molecular formula is C13H21N3O2. The Bertz CT molecular complexity index is 406. The minimum Gasteiger partial charge on any atom is -0.361 e. The van der Waals surface area contributed by atoms with Crippen LogP contribution in [0.15, 0.2) is 4.52 Å². The molecule has 0 radical (unpaired) electrons. The molecule has 1 atom stereocenters. The number of likely N-dealkylation sites (tertiary alicyclic amines) is 1. The van der Waals surface area contributed by atoms with Crippen LogP contribution in [0.4, 0.5) is 0 Å².